The van der Waals surface area contributed by atoms with E-state index in [0.29, 0.717) is 26.2 Å². The van der Waals surface area contributed by atoms with E-state index in [1.165, 1.54) is 0 Å². The zero-order valence-corrected chi connectivity index (χ0v) is 14.1. The Morgan fingerprint density at radius 1 is 0.960 bits per heavy atom. The van der Waals surface area contributed by atoms with Crippen LogP contribution < -0.4 is 0 Å². The number of hydrogen-bond donors (Lipinski definition) is 0. The van der Waals surface area contributed by atoms with Crippen molar-refractivity contribution in [3.8, 4) is 0 Å². The summed E-state index contributed by atoms with van der Waals surface area (Å²) in [5, 5.41) is 14.8. The fourth-order valence-electron chi connectivity index (χ4n) is 3.29. The smallest absolute Gasteiger partial charge is 0.390 e. The number of hydrogen-bond acceptors (Lipinski definition) is 6. The minimum absolute atomic E-state index is 0.126. The highest BCUT2D eigenvalue weighted by Gasteiger charge is 2.32. The van der Waals surface area contributed by atoms with E-state index in [4.69, 9.17) is 0 Å². The van der Waals surface area contributed by atoms with Crippen LogP contribution in [0.2, 0.25) is 0 Å². The molecule has 0 atom stereocenters. The minimum Gasteiger partial charge on any atom is -0.390 e. The van der Waals surface area contributed by atoms with Crippen molar-refractivity contribution in [2.75, 3.05) is 26.2 Å². The normalized spacial score (nSPS) is 18.2. The summed E-state index contributed by atoms with van der Waals surface area (Å²) in [7, 11) is 0. The first kappa shape index (κ1) is 17.3. The molecule has 0 bridgehead atoms. The van der Waals surface area contributed by atoms with Crippen LogP contribution in [0.15, 0.2) is 0 Å². The van der Waals surface area contributed by atoms with Gasteiger partial charge in [0.1, 0.15) is 6.54 Å². The molecule has 0 saturated carbocycles. The number of nitro groups is 1. The van der Waals surface area contributed by atoms with Crippen LogP contribution in [0.25, 0.3) is 0 Å². The largest absolute Gasteiger partial charge is 0.491 e. The second-order valence-corrected chi connectivity index (χ2v) is 6.44. The van der Waals surface area contributed by atoms with Gasteiger partial charge in [0.2, 0.25) is 5.91 Å². The average molecular weight is 350 g/mol. The molecule has 0 aliphatic carbocycles. The van der Waals surface area contributed by atoms with Gasteiger partial charge in [-0.05, 0) is 48.4 Å². The van der Waals surface area contributed by atoms with Gasteiger partial charge in [-0.2, -0.15) is 4.68 Å². The molecule has 2 aliphatic rings. The van der Waals surface area contributed by atoms with Crippen LogP contribution in [0.3, 0.4) is 0 Å². The summed E-state index contributed by atoms with van der Waals surface area (Å²) in [4.78, 5) is 42.5. The number of rotatable bonds is 4. The van der Waals surface area contributed by atoms with Gasteiger partial charge in [0.25, 0.3) is 0 Å². The first-order chi connectivity index (χ1) is 12.1. The van der Waals surface area contributed by atoms with Gasteiger partial charge >= 0.3 is 17.7 Å². The number of aromatic nitrogens is 3. The number of piperidine rings is 2. The van der Waals surface area contributed by atoms with Crippen LogP contribution in [0.5, 0.6) is 0 Å². The molecule has 10 nitrogen and oxygen atoms in total. The van der Waals surface area contributed by atoms with E-state index < -0.39 is 16.8 Å². The first-order valence-electron chi connectivity index (χ1n) is 8.72. The zero-order valence-electron chi connectivity index (χ0n) is 14.1. The molecule has 3 heterocycles. The van der Waals surface area contributed by atoms with E-state index in [2.05, 4.69) is 10.1 Å². The van der Waals surface area contributed by atoms with Crippen molar-refractivity contribution >= 4 is 17.8 Å². The molecule has 0 aromatic carbocycles. The predicted octanol–water partition coefficient (Wildman–Crippen LogP) is 0.825. The third-order valence-electron chi connectivity index (χ3n) is 4.65. The van der Waals surface area contributed by atoms with Gasteiger partial charge in [0.15, 0.2) is 0 Å². The van der Waals surface area contributed by atoms with Gasteiger partial charge in [-0.3, -0.25) is 9.59 Å². The summed E-state index contributed by atoms with van der Waals surface area (Å²) in [5.41, 5.74) is 0. The Labute approximate surface area is 144 Å². The van der Waals surface area contributed by atoms with Crippen molar-refractivity contribution in [1.29, 1.82) is 0 Å². The Hall–Kier alpha value is -2.52. The van der Waals surface area contributed by atoms with Gasteiger partial charge < -0.3 is 19.9 Å². The summed E-state index contributed by atoms with van der Waals surface area (Å²) < 4.78 is 1.09. The summed E-state index contributed by atoms with van der Waals surface area (Å²) in [6.45, 7) is 2.34. The Kier molecular flexibility index (Phi) is 5.25. The first-order valence-corrected chi connectivity index (χ1v) is 8.72. The van der Waals surface area contributed by atoms with Crippen molar-refractivity contribution in [3.63, 3.8) is 0 Å². The molecule has 0 unspecified atom stereocenters. The van der Waals surface area contributed by atoms with E-state index in [-0.39, 0.29) is 18.3 Å². The molecule has 2 fully saturated rings. The summed E-state index contributed by atoms with van der Waals surface area (Å²) in [5.74, 6) is -1.36. The van der Waals surface area contributed by atoms with Crippen LogP contribution in [0, 0.1) is 10.1 Å². The van der Waals surface area contributed by atoms with E-state index in [0.717, 1.165) is 43.2 Å². The van der Waals surface area contributed by atoms with Crippen LogP contribution >= 0.6 is 0 Å². The monoisotopic (exact) mass is 350 g/mol. The van der Waals surface area contributed by atoms with Crippen molar-refractivity contribution in [1.82, 2.24) is 24.6 Å². The van der Waals surface area contributed by atoms with Gasteiger partial charge in [-0.15, -0.1) is 0 Å². The molecule has 1 aromatic heterocycles. The number of nitrogens with zero attached hydrogens (tertiary/aromatic N) is 6. The molecule has 10 heteroatoms. The lowest BCUT2D eigenvalue weighted by molar-refractivity contribution is -0.394. The van der Waals surface area contributed by atoms with E-state index in [1.807, 2.05) is 0 Å². The molecule has 136 valence electrons. The van der Waals surface area contributed by atoms with E-state index in [9.17, 15) is 19.7 Å². The summed E-state index contributed by atoms with van der Waals surface area (Å²) >= 11 is 0. The average Bonchev–Trinajstić information content (AvgIpc) is 3.06. The Morgan fingerprint density at radius 3 is 2.08 bits per heavy atom. The van der Waals surface area contributed by atoms with Crippen LogP contribution in [-0.2, 0) is 11.3 Å². The Morgan fingerprint density at radius 2 is 1.52 bits per heavy atom. The predicted molar refractivity (Wildman–Crippen MR) is 86.9 cm³/mol. The second kappa shape index (κ2) is 7.58. The highest BCUT2D eigenvalue weighted by atomic mass is 16.6. The minimum atomic E-state index is -0.741. The van der Waals surface area contributed by atoms with Crippen molar-refractivity contribution in [3.05, 3.63) is 15.9 Å². The Balaban J connectivity index is 1.80. The lowest BCUT2D eigenvalue weighted by atomic mass is 10.1. The Bertz CT molecular complexity index is 661. The number of likely N-dealkylation sites (tertiary alicyclic amines) is 2. The van der Waals surface area contributed by atoms with Gasteiger partial charge in [0.05, 0.1) is 0 Å². The van der Waals surface area contributed by atoms with Gasteiger partial charge in [-0.25, -0.2) is 0 Å². The van der Waals surface area contributed by atoms with E-state index in [1.54, 1.807) is 9.80 Å². The van der Waals surface area contributed by atoms with Crippen LogP contribution in [0.4, 0.5) is 5.95 Å². The van der Waals surface area contributed by atoms with Crippen molar-refractivity contribution in [2.24, 2.45) is 0 Å². The molecule has 2 amide bonds. The molecule has 2 aliphatic heterocycles. The standard InChI is InChI=1S/C15H22N6O4/c22-12(18-7-3-1-4-8-18)11-20-13(16-15(17-20)21(24)25)14(23)19-9-5-2-6-10-19/h1-11H2. The maximum Gasteiger partial charge on any atom is 0.491 e. The molecule has 3 rings (SSSR count). The number of carbonyl (C=O) groups is 2. The fourth-order valence-corrected chi connectivity index (χ4v) is 3.29. The highest BCUT2D eigenvalue weighted by molar-refractivity contribution is 5.91. The number of amides is 2. The van der Waals surface area contributed by atoms with E-state index >= 15 is 0 Å². The summed E-state index contributed by atoms with van der Waals surface area (Å²) in [6, 6.07) is 0. The highest BCUT2D eigenvalue weighted by Crippen LogP contribution is 2.15. The fraction of sp³-hybridized carbons (Fsp3) is 0.733. The molecular weight excluding hydrogens is 328 g/mol. The second-order valence-electron chi connectivity index (χ2n) is 6.44. The molecule has 1 aromatic rings. The van der Waals surface area contributed by atoms with Crippen LogP contribution in [-0.4, -0.2) is 67.5 Å². The van der Waals surface area contributed by atoms with Crippen molar-refractivity contribution in [2.45, 2.75) is 45.1 Å². The maximum atomic E-state index is 12.7. The lowest BCUT2D eigenvalue weighted by Gasteiger charge is -2.27. The molecular formula is C15H22N6O4. The SMILES string of the molecule is O=C(Cn1nc([N+](=O)[O-])nc1C(=O)N1CCCCC1)N1CCCCC1. The molecule has 25 heavy (non-hydrogen) atoms. The lowest BCUT2D eigenvalue weighted by Crippen LogP contribution is -2.40. The molecule has 0 spiro atoms. The molecule has 0 N–H and O–H groups in total. The third-order valence-corrected chi connectivity index (χ3v) is 4.65. The van der Waals surface area contributed by atoms with Gasteiger partial charge in [0, 0.05) is 31.3 Å². The number of carbonyl (C=O) groups excluding carboxylic acids is 2. The third kappa shape index (κ3) is 3.94. The maximum absolute atomic E-state index is 12.7. The van der Waals surface area contributed by atoms with Crippen molar-refractivity contribution < 1.29 is 14.5 Å². The summed E-state index contributed by atoms with van der Waals surface area (Å²) in [6.07, 6.45) is 5.84. The quantitative estimate of drug-likeness (QED) is 0.587. The molecule has 2 saturated heterocycles. The topological polar surface area (TPSA) is 114 Å². The zero-order chi connectivity index (χ0) is 17.8. The molecule has 0 radical (unpaired) electrons. The van der Waals surface area contributed by atoms with Crippen LogP contribution in [0.1, 0.15) is 49.1 Å². The van der Waals surface area contributed by atoms with Gasteiger partial charge in [-0.1, -0.05) is 0 Å².